The van der Waals surface area contributed by atoms with Gasteiger partial charge in [-0.05, 0) is 61.9 Å². The third kappa shape index (κ3) is 5.37. The van der Waals surface area contributed by atoms with Gasteiger partial charge in [-0.25, -0.2) is 0 Å². The second-order valence-electron chi connectivity index (χ2n) is 6.38. The lowest BCUT2D eigenvalue weighted by molar-refractivity contribution is -0.118. The van der Waals surface area contributed by atoms with Crippen LogP contribution >= 0.6 is 0 Å². The Bertz CT molecular complexity index is 731. The average Bonchev–Trinajstić information content (AvgIpc) is 3.18. The van der Waals surface area contributed by atoms with Crippen LogP contribution in [0.3, 0.4) is 0 Å². The Morgan fingerprint density at radius 2 is 1.74 bits per heavy atom. The number of nitrogens with one attached hydrogen (secondary N) is 1. The van der Waals surface area contributed by atoms with Gasteiger partial charge in [-0.3, -0.25) is 4.79 Å². The van der Waals surface area contributed by atoms with Gasteiger partial charge in [-0.2, -0.15) is 0 Å². The molecule has 1 saturated heterocycles. The van der Waals surface area contributed by atoms with Gasteiger partial charge in [0.05, 0.1) is 12.7 Å². The topological polar surface area (TPSA) is 60.0 Å². The van der Waals surface area contributed by atoms with Gasteiger partial charge in [-0.15, -0.1) is 0 Å². The molecule has 1 unspecified atom stereocenters. The molecule has 0 aromatic heterocycles. The van der Waals surface area contributed by atoms with Crippen molar-refractivity contribution in [1.29, 1.82) is 0 Å². The maximum Gasteiger partial charge on any atom is 0.262 e. The van der Waals surface area contributed by atoms with E-state index >= 15 is 0 Å². The summed E-state index contributed by atoms with van der Waals surface area (Å²) in [4.78, 5) is 14.4. The number of hydrogen-bond donors (Lipinski definition) is 1. The Morgan fingerprint density at radius 1 is 1.07 bits per heavy atom. The first-order valence-electron chi connectivity index (χ1n) is 9.21. The number of rotatable bonds is 8. The van der Waals surface area contributed by atoms with E-state index in [1.54, 1.807) is 19.2 Å². The normalized spacial score (nSPS) is 16.2. The van der Waals surface area contributed by atoms with Crippen LogP contribution in [0.4, 0.5) is 11.4 Å². The molecule has 1 atom stereocenters. The fourth-order valence-corrected chi connectivity index (χ4v) is 3.06. The van der Waals surface area contributed by atoms with E-state index in [9.17, 15) is 4.79 Å². The van der Waals surface area contributed by atoms with Crippen molar-refractivity contribution in [2.45, 2.75) is 19.4 Å². The zero-order valence-electron chi connectivity index (χ0n) is 15.8. The molecule has 0 spiro atoms. The van der Waals surface area contributed by atoms with Crippen LogP contribution in [-0.4, -0.2) is 45.4 Å². The van der Waals surface area contributed by atoms with Gasteiger partial charge in [0.15, 0.2) is 6.61 Å². The van der Waals surface area contributed by atoms with Crippen molar-refractivity contribution in [2.24, 2.45) is 0 Å². The minimum atomic E-state index is -0.197. The number of nitrogens with zero attached hydrogens (tertiary/aromatic N) is 1. The molecule has 6 heteroatoms. The zero-order chi connectivity index (χ0) is 19.1. The van der Waals surface area contributed by atoms with E-state index in [1.165, 1.54) is 0 Å². The summed E-state index contributed by atoms with van der Waals surface area (Å²) in [6.07, 6.45) is 1.34. The summed E-state index contributed by atoms with van der Waals surface area (Å²) in [5.74, 6) is 1.21. The van der Waals surface area contributed by atoms with Crippen LogP contribution in [0.25, 0.3) is 0 Å². The van der Waals surface area contributed by atoms with Gasteiger partial charge in [0.2, 0.25) is 0 Å². The molecule has 2 aromatic rings. The monoisotopic (exact) mass is 370 g/mol. The third-order valence-corrected chi connectivity index (χ3v) is 4.50. The number of benzene rings is 2. The molecule has 0 bridgehead atoms. The highest BCUT2D eigenvalue weighted by molar-refractivity contribution is 5.92. The molecule has 1 aliphatic rings. The number of amides is 1. The predicted molar refractivity (Wildman–Crippen MR) is 106 cm³/mol. The summed E-state index contributed by atoms with van der Waals surface area (Å²) in [5, 5.41) is 2.85. The van der Waals surface area contributed by atoms with Crippen molar-refractivity contribution in [3.8, 4) is 11.5 Å². The molecule has 1 heterocycles. The second kappa shape index (κ2) is 9.28. The SMILES string of the molecule is CCOc1ccc(OCC(=O)Nc2ccc(N3CCC(OC)C3)cc2)cc1. The number of carbonyl (C=O) groups is 1. The van der Waals surface area contributed by atoms with Crippen LogP contribution in [0.1, 0.15) is 13.3 Å². The summed E-state index contributed by atoms with van der Waals surface area (Å²) in [6.45, 7) is 4.39. The Kier molecular flexibility index (Phi) is 6.54. The molecule has 0 aliphatic carbocycles. The van der Waals surface area contributed by atoms with E-state index < -0.39 is 0 Å². The number of methoxy groups -OCH3 is 1. The molecule has 27 heavy (non-hydrogen) atoms. The highest BCUT2D eigenvalue weighted by Gasteiger charge is 2.22. The maximum absolute atomic E-state index is 12.1. The summed E-state index contributed by atoms with van der Waals surface area (Å²) >= 11 is 0. The van der Waals surface area contributed by atoms with Crippen molar-refractivity contribution in [3.05, 3.63) is 48.5 Å². The maximum atomic E-state index is 12.1. The van der Waals surface area contributed by atoms with E-state index in [1.807, 2.05) is 43.3 Å². The lowest BCUT2D eigenvalue weighted by Crippen LogP contribution is -2.22. The molecule has 1 N–H and O–H groups in total. The molecular weight excluding hydrogens is 344 g/mol. The largest absolute Gasteiger partial charge is 0.494 e. The minimum absolute atomic E-state index is 0.0443. The van der Waals surface area contributed by atoms with Crippen LogP contribution in [-0.2, 0) is 9.53 Å². The van der Waals surface area contributed by atoms with Crippen LogP contribution in [0.5, 0.6) is 11.5 Å². The van der Waals surface area contributed by atoms with Gasteiger partial charge in [0.1, 0.15) is 11.5 Å². The first-order valence-corrected chi connectivity index (χ1v) is 9.21. The van der Waals surface area contributed by atoms with Gasteiger partial charge in [0.25, 0.3) is 5.91 Å². The minimum Gasteiger partial charge on any atom is -0.494 e. The Balaban J connectivity index is 1.46. The average molecular weight is 370 g/mol. The summed E-state index contributed by atoms with van der Waals surface area (Å²) in [7, 11) is 1.75. The van der Waals surface area contributed by atoms with Gasteiger partial charge < -0.3 is 24.4 Å². The fourth-order valence-electron chi connectivity index (χ4n) is 3.06. The molecule has 144 valence electrons. The highest BCUT2D eigenvalue weighted by atomic mass is 16.5. The third-order valence-electron chi connectivity index (χ3n) is 4.50. The van der Waals surface area contributed by atoms with E-state index in [0.29, 0.717) is 18.5 Å². The number of ether oxygens (including phenoxy) is 3. The molecule has 0 radical (unpaired) electrons. The van der Waals surface area contributed by atoms with Gasteiger partial charge >= 0.3 is 0 Å². The molecule has 1 aliphatic heterocycles. The summed E-state index contributed by atoms with van der Waals surface area (Å²) < 4.78 is 16.3. The lowest BCUT2D eigenvalue weighted by atomic mass is 10.2. The molecular formula is C21H26N2O4. The zero-order valence-corrected chi connectivity index (χ0v) is 15.8. The fraction of sp³-hybridized carbons (Fsp3) is 0.381. The standard InChI is InChI=1S/C21H26N2O4/c1-3-26-18-8-10-19(11-9-18)27-15-21(24)22-16-4-6-17(7-5-16)23-13-12-20(14-23)25-2/h4-11,20H,3,12-15H2,1-2H3,(H,22,24). The first kappa shape index (κ1) is 19.0. The highest BCUT2D eigenvalue weighted by Crippen LogP contribution is 2.23. The smallest absolute Gasteiger partial charge is 0.262 e. The first-order chi connectivity index (χ1) is 13.2. The Labute approximate surface area is 160 Å². The Morgan fingerprint density at radius 3 is 2.33 bits per heavy atom. The van der Waals surface area contributed by atoms with Crippen molar-refractivity contribution >= 4 is 17.3 Å². The lowest BCUT2D eigenvalue weighted by Gasteiger charge is -2.18. The molecule has 2 aromatic carbocycles. The van der Waals surface area contributed by atoms with Crippen molar-refractivity contribution < 1.29 is 19.0 Å². The van der Waals surface area contributed by atoms with Crippen molar-refractivity contribution in [2.75, 3.05) is 43.6 Å². The molecule has 3 rings (SSSR count). The summed E-state index contributed by atoms with van der Waals surface area (Å²) in [5.41, 5.74) is 1.89. The van der Waals surface area contributed by atoms with Gasteiger partial charge in [0, 0.05) is 31.6 Å². The van der Waals surface area contributed by atoms with Crippen molar-refractivity contribution in [3.63, 3.8) is 0 Å². The van der Waals surface area contributed by atoms with Gasteiger partial charge in [-0.1, -0.05) is 0 Å². The molecule has 0 saturated carbocycles. The number of hydrogen-bond acceptors (Lipinski definition) is 5. The summed E-state index contributed by atoms with van der Waals surface area (Å²) in [6, 6.07) is 15.1. The predicted octanol–water partition coefficient (Wildman–Crippen LogP) is 3.33. The Hall–Kier alpha value is -2.73. The molecule has 6 nitrogen and oxygen atoms in total. The second-order valence-corrected chi connectivity index (χ2v) is 6.38. The number of carbonyl (C=O) groups excluding carboxylic acids is 1. The quantitative estimate of drug-likeness (QED) is 0.772. The van der Waals surface area contributed by atoms with E-state index in [4.69, 9.17) is 14.2 Å². The van der Waals surface area contributed by atoms with Crippen LogP contribution in [0.15, 0.2) is 48.5 Å². The van der Waals surface area contributed by atoms with Crippen molar-refractivity contribution in [1.82, 2.24) is 0 Å². The van der Waals surface area contributed by atoms with Crippen LogP contribution in [0.2, 0.25) is 0 Å². The number of anilines is 2. The van der Waals surface area contributed by atoms with E-state index in [0.717, 1.165) is 36.6 Å². The van der Waals surface area contributed by atoms with E-state index in [-0.39, 0.29) is 12.5 Å². The van der Waals surface area contributed by atoms with Crippen LogP contribution < -0.4 is 19.7 Å². The molecule has 1 amide bonds. The molecule has 1 fully saturated rings. The van der Waals surface area contributed by atoms with Crippen LogP contribution in [0, 0.1) is 0 Å². The van der Waals surface area contributed by atoms with E-state index in [2.05, 4.69) is 10.2 Å².